The number of likely N-dealkylation sites (tertiary alicyclic amines) is 1. The van der Waals surface area contributed by atoms with E-state index in [9.17, 15) is 5.26 Å². The Bertz CT molecular complexity index is 555. The molecule has 4 aliphatic rings. The van der Waals surface area contributed by atoms with Crippen molar-refractivity contribution < 1.29 is 19.6 Å². The van der Waals surface area contributed by atoms with Crippen LogP contribution in [0.4, 0.5) is 0 Å². The minimum atomic E-state index is -0.409. The Morgan fingerprint density at radius 2 is 2.17 bits per heavy atom. The first-order chi connectivity index (χ1) is 11.2. The second kappa shape index (κ2) is 5.96. The van der Waals surface area contributed by atoms with E-state index in [4.69, 9.17) is 14.4 Å². The molecule has 2 aliphatic heterocycles. The fourth-order valence-corrected chi connectivity index (χ4v) is 4.77. The van der Waals surface area contributed by atoms with Crippen LogP contribution in [0.5, 0.6) is 0 Å². The van der Waals surface area contributed by atoms with Crippen molar-refractivity contribution in [1.82, 2.24) is 4.90 Å². The first-order valence-electron chi connectivity index (χ1n) is 8.52. The van der Waals surface area contributed by atoms with Gasteiger partial charge in [0.1, 0.15) is 18.0 Å². The van der Waals surface area contributed by atoms with Gasteiger partial charge >= 0.3 is 0 Å². The van der Waals surface area contributed by atoms with Gasteiger partial charge in [-0.1, -0.05) is 18.2 Å². The Balaban J connectivity index is 1.77. The lowest BCUT2D eigenvalue weighted by Crippen LogP contribution is -2.54. The molecule has 5 nitrogen and oxygen atoms in total. The molecule has 0 radical (unpaired) electrons. The van der Waals surface area contributed by atoms with E-state index < -0.39 is 6.10 Å². The predicted molar refractivity (Wildman–Crippen MR) is 85.4 cm³/mol. The van der Waals surface area contributed by atoms with Crippen molar-refractivity contribution in [2.75, 3.05) is 20.7 Å². The molecule has 2 saturated heterocycles. The number of rotatable bonds is 2. The average Bonchev–Trinajstić information content (AvgIpc) is 2.58. The molecular weight excluding hydrogens is 294 g/mol. The zero-order valence-corrected chi connectivity index (χ0v) is 13.7. The minimum Gasteiger partial charge on any atom is -0.493 e. The van der Waals surface area contributed by atoms with Gasteiger partial charge < -0.3 is 14.4 Å². The third-order valence-electron chi connectivity index (χ3n) is 6.00. The summed E-state index contributed by atoms with van der Waals surface area (Å²) in [6.45, 7) is 1.06. The number of fused-ring (bicyclic) bond motifs is 2. The first-order valence-corrected chi connectivity index (χ1v) is 8.52. The first kappa shape index (κ1) is 15.2. The molecule has 2 aliphatic carbocycles. The van der Waals surface area contributed by atoms with E-state index >= 15 is 0 Å². The SMILES string of the molecule is COC1=C2CC(C=C1)C[C@@H]1[C@@H]3C=C[C@H](OO)[C@H](O2)[C@H]3CCN1C. The zero-order valence-electron chi connectivity index (χ0n) is 13.7. The van der Waals surface area contributed by atoms with Gasteiger partial charge in [-0.2, -0.15) is 0 Å². The van der Waals surface area contributed by atoms with Gasteiger partial charge in [0.25, 0.3) is 0 Å². The van der Waals surface area contributed by atoms with Crippen molar-refractivity contribution in [2.24, 2.45) is 17.8 Å². The van der Waals surface area contributed by atoms with E-state index in [1.54, 1.807) is 7.11 Å². The molecular formula is C18H25NO4. The van der Waals surface area contributed by atoms with E-state index in [0.717, 1.165) is 37.3 Å². The summed E-state index contributed by atoms with van der Waals surface area (Å²) in [5, 5.41) is 9.33. The topological polar surface area (TPSA) is 51.2 Å². The van der Waals surface area contributed by atoms with Crippen LogP contribution in [-0.4, -0.2) is 49.1 Å². The second-order valence-corrected chi connectivity index (χ2v) is 7.17. The number of hydrogen-bond donors (Lipinski definition) is 1. The Morgan fingerprint density at radius 3 is 2.96 bits per heavy atom. The summed E-state index contributed by atoms with van der Waals surface area (Å²) < 4.78 is 11.9. The smallest absolute Gasteiger partial charge is 0.156 e. The van der Waals surface area contributed by atoms with Crippen LogP contribution in [0.15, 0.2) is 35.8 Å². The van der Waals surface area contributed by atoms with Gasteiger partial charge in [-0.15, -0.1) is 0 Å². The maximum absolute atomic E-state index is 9.33. The Hall–Kier alpha value is -1.30. The molecule has 23 heavy (non-hydrogen) atoms. The van der Waals surface area contributed by atoms with E-state index in [2.05, 4.69) is 24.1 Å². The molecule has 6 bridgehead atoms. The molecule has 0 amide bonds. The predicted octanol–water partition coefficient (Wildman–Crippen LogP) is 2.57. The maximum atomic E-state index is 9.33. The lowest BCUT2D eigenvalue weighted by atomic mass is 9.70. The third kappa shape index (κ3) is 2.51. The quantitative estimate of drug-likeness (QED) is 0.482. The molecule has 1 unspecified atom stereocenters. The number of piperidine rings is 1. The zero-order chi connectivity index (χ0) is 16.0. The van der Waals surface area contributed by atoms with Crippen LogP contribution < -0.4 is 0 Å². The molecule has 0 spiro atoms. The van der Waals surface area contributed by atoms with Gasteiger partial charge in [-0.3, -0.25) is 5.26 Å². The van der Waals surface area contributed by atoms with E-state index in [1.807, 2.05) is 12.2 Å². The van der Waals surface area contributed by atoms with Crippen LogP contribution in [0.3, 0.4) is 0 Å². The molecule has 2 fully saturated rings. The molecule has 5 heteroatoms. The largest absolute Gasteiger partial charge is 0.493 e. The maximum Gasteiger partial charge on any atom is 0.156 e. The summed E-state index contributed by atoms with van der Waals surface area (Å²) in [5.41, 5.74) is 0. The van der Waals surface area contributed by atoms with Gasteiger partial charge in [-0.05, 0) is 44.3 Å². The standard InChI is InChI=1S/C18H25NO4/c1-19-8-7-13-12-4-6-16(23-20)18(13)22-17-10-11(9-14(12)19)3-5-15(17)21-2/h3-6,11-14,16,18,20H,7-10H2,1-2H3/t11?,12-,13+,14-,16+,18-/m1/s1. The van der Waals surface area contributed by atoms with Crippen molar-refractivity contribution in [3.8, 4) is 0 Å². The van der Waals surface area contributed by atoms with Gasteiger partial charge in [0, 0.05) is 18.4 Å². The highest BCUT2D eigenvalue weighted by Gasteiger charge is 2.47. The van der Waals surface area contributed by atoms with Crippen molar-refractivity contribution >= 4 is 0 Å². The van der Waals surface area contributed by atoms with Crippen LogP contribution in [-0.2, 0) is 14.4 Å². The van der Waals surface area contributed by atoms with Gasteiger partial charge in [0.05, 0.1) is 7.11 Å². The number of allylic oxidation sites excluding steroid dienone is 3. The second-order valence-electron chi connectivity index (χ2n) is 7.17. The van der Waals surface area contributed by atoms with Crippen LogP contribution in [0.25, 0.3) is 0 Å². The molecule has 0 aromatic carbocycles. The summed E-state index contributed by atoms with van der Waals surface area (Å²) >= 11 is 0. The molecule has 4 rings (SSSR count). The average molecular weight is 319 g/mol. The highest BCUT2D eigenvalue weighted by molar-refractivity contribution is 5.25. The van der Waals surface area contributed by atoms with Crippen LogP contribution in [0.1, 0.15) is 19.3 Å². The minimum absolute atomic E-state index is 0.156. The van der Waals surface area contributed by atoms with Crippen LogP contribution in [0.2, 0.25) is 0 Å². The third-order valence-corrected chi connectivity index (χ3v) is 6.00. The number of hydrogen-bond acceptors (Lipinski definition) is 5. The van der Waals surface area contributed by atoms with Crippen molar-refractivity contribution in [3.63, 3.8) is 0 Å². The van der Waals surface area contributed by atoms with E-state index in [1.165, 1.54) is 0 Å². The Morgan fingerprint density at radius 1 is 1.30 bits per heavy atom. The Kier molecular flexibility index (Phi) is 3.95. The van der Waals surface area contributed by atoms with Gasteiger partial charge in [0.15, 0.2) is 5.76 Å². The molecule has 1 N–H and O–H groups in total. The summed E-state index contributed by atoms with van der Waals surface area (Å²) in [6.07, 6.45) is 11.0. The normalized spacial score (nSPS) is 42.6. The van der Waals surface area contributed by atoms with E-state index in [-0.39, 0.29) is 6.10 Å². The van der Waals surface area contributed by atoms with Crippen molar-refractivity contribution in [3.05, 3.63) is 35.8 Å². The number of nitrogens with zero attached hydrogens (tertiary/aromatic N) is 1. The summed E-state index contributed by atoms with van der Waals surface area (Å²) in [4.78, 5) is 7.22. The lowest BCUT2D eigenvalue weighted by molar-refractivity contribution is -0.293. The highest BCUT2D eigenvalue weighted by Crippen LogP contribution is 2.44. The monoisotopic (exact) mass is 319 g/mol. The van der Waals surface area contributed by atoms with Gasteiger partial charge in [-0.25, -0.2) is 4.89 Å². The van der Waals surface area contributed by atoms with Crippen molar-refractivity contribution in [2.45, 2.75) is 37.5 Å². The summed E-state index contributed by atoms with van der Waals surface area (Å²) in [7, 11) is 3.90. The summed E-state index contributed by atoms with van der Waals surface area (Å²) in [6, 6.07) is 0.508. The fourth-order valence-electron chi connectivity index (χ4n) is 4.77. The fraction of sp³-hybridized carbons (Fsp3) is 0.667. The van der Waals surface area contributed by atoms with Crippen LogP contribution >= 0.6 is 0 Å². The molecule has 126 valence electrons. The summed E-state index contributed by atoms with van der Waals surface area (Å²) in [5.74, 6) is 2.98. The van der Waals surface area contributed by atoms with Crippen molar-refractivity contribution in [1.29, 1.82) is 0 Å². The molecule has 0 aromatic heterocycles. The molecule has 0 aromatic rings. The van der Waals surface area contributed by atoms with Gasteiger partial charge in [0.2, 0.25) is 0 Å². The molecule has 2 heterocycles. The Labute approximate surface area is 137 Å². The molecule has 6 atom stereocenters. The molecule has 0 saturated carbocycles. The van der Waals surface area contributed by atoms with Crippen LogP contribution in [0, 0.1) is 17.8 Å². The van der Waals surface area contributed by atoms with E-state index in [0.29, 0.717) is 23.8 Å². The number of methoxy groups -OCH3 is 1. The number of ether oxygens (including phenoxy) is 2. The lowest BCUT2D eigenvalue weighted by Gasteiger charge is -2.48. The highest BCUT2D eigenvalue weighted by atomic mass is 17.1.